The predicted molar refractivity (Wildman–Crippen MR) is 119 cm³/mol. The number of nitrogens with zero attached hydrogens (tertiary/aromatic N) is 2. The third-order valence-corrected chi connectivity index (χ3v) is 8.32. The Balaban J connectivity index is 1.59. The van der Waals surface area contributed by atoms with Crippen LogP contribution in [0.15, 0.2) is 59.5 Å². The van der Waals surface area contributed by atoms with Gasteiger partial charge >= 0.3 is 0 Å². The van der Waals surface area contributed by atoms with E-state index >= 15 is 0 Å². The third kappa shape index (κ3) is 4.41. The van der Waals surface area contributed by atoms with E-state index in [0.29, 0.717) is 35.8 Å². The van der Waals surface area contributed by atoms with Crippen molar-refractivity contribution in [3.8, 4) is 0 Å². The lowest BCUT2D eigenvalue weighted by Crippen LogP contribution is -2.52. The summed E-state index contributed by atoms with van der Waals surface area (Å²) in [6.45, 7) is 1.47. The summed E-state index contributed by atoms with van der Waals surface area (Å²) in [5.74, 6) is 0.341. The van der Waals surface area contributed by atoms with E-state index in [2.05, 4.69) is 4.90 Å². The molecule has 2 aliphatic rings. The molecule has 0 bridgehead atoms. The van der Waals surface area contributed by atoms with E-state index in [1.54, 1.807) is 28.6 Å². The fraction of sp³-hybridized carbons (Fsp3) is 0.435. The Morgan fingerprint density at radius 3 is 2.20 bits per heavy atom. The van der Waals surface area contributed by atoms with E-state index in [1.807, 2.05) is 30.3 Å². The molecule has 1 unspecified atom stereocenters. The van der Waals surface area contributed by atoms with Crippen LogP contribution in [-0.2, 0) is 14.8 Å². The van der Waals surface area contributed by atoms with Crippen LogP contribution in [0.25, 0.3) is 0 Å². The molecule has 1 aliphatic heterocycles. The van der Waals surface area contributed by atoms with E-state index in [-0.39, 0.29) is 17.0 Å². The van der Waals surface area contributed by atoms with Gasteiger partial charge in [-0.25, -0.2) is 8.42 Å². The van der Waals surface area contributed by atoms with Crippen LogP contribution in [0.1, 0.15) is 38.5 Å². The molecule has 2 aromatic carbocycles. The predicted octanol–water partition coefficient (Wildman–Crippen LogP) is 4.51. The van der Waals surface area contributed by atoms with Crippen LogP contribution >= 0.6 is 11.6 Å². The van der Waals surface area contributed by atoms with Gasteiger partial charge in [-0.3, -0.25) is 14.0 Å². The van der Waals surface area contributed by atoms with Crippen molar-refractivity contribution in [3.63, 3.8) is 0 Å². The van der Waals surface area contributed by atoms with E-state index in [0.717, 1.165) is 32.4 Å². The summed E-state index contributed by atoms with van der Waals surface area (Å²) in [7, 11) is -3.73. The van der Waals surface area contributed by atoms with Gasteiger partial charge in [0.05, 0.1) is 16.6 Å². The van der Waals surface area contributed by atoms with Crippen LogP contribution in [0.2, 0.25) is 5.02 Å². The van der Waals surface area contributed by atoms with Gasteiger partial charge in [0.1, 0.15) is 5.78 Å². The number of ketones is 1. The third-order valence-electron chi connectivity index (χ3n) is 6.18. The summed E-state index contributed by atoms with van der Waals surface area (Å²) in [5.41, 5.74) is 0.666. The molecule has 5 nitrogen and oxygen atoms in total. The number of sulfonamides is 1. The fourth-order valence-electron chi connectivity index (χ4n) is 4.62. The monoisotopic (exact) mass is 446 g/mol. The maximum atomic E-state index is 13.6. The molecule has 160 valence electrons. The zero-order valence-electron chi connectivity index (χ0n) is 16.9. The number of benzene rings is 2. The minimum absolute atomic E-state index is 0.0118. The van der Waals surface area contributed by atoms with Crippen molar-refractivity contribution in [3.05, 3.63) is 59.6 Å². The molecule has 0 aromatic heterocycles. The highest BCUT2D eigenvalue weighted by Gasteiger charge is 2.37. The van der Waals surface area contributed by atoms with Gasteiger partial charge in [0.2, 0.25) is 0 Å². The molecule has 0 spiro atoms. The highest BCUT2D eigenvalue weighted by molar-refractivity contribution is 7.92. The second-order valence-corrected chi connectivity index (χ2v) is 10.3. The Hall–Kier alpha value is -1.89. The molecule has 1 atom stereocenters. The molecule has 2 fully saturated rings. The van der Waals surface area contributed by atoms with Crippen molar-refractivity contribution >= 4 is 33.1 Å². The van der Waals surface area contributed by atoms with E-state index in [1.165, 1.54) is 0 Å². The van der Waals surface area contributed by atoms with E-state index < -0.39 is 10.0 Å². The quantitative estimate of drug-likeness (QED) is 0.677. The highest BCUT2D eigenvalue weighted by atomic mass is 35.5. The molecule has 30 heavy (non-hydrogen) atoms. The number of hydrogen-bond donors (Lipinski definition) is 0. The molecule has 7 heteroatoms. The molecule has 1 saturated heterocycles. The van der Waals surface area contributed by atoms with Crippen molar-refractivity contribution in [1.29, 1.82) is 0 Å². The van der Waals surface area contributed by atoms with Crippen LogP contribution in [0.3, 0.4) is 0 Å². The second kappa shape index (κ2) is 9.08. The summed E-state index contributed by atoms with van der Waals surface area (Å²) < 4.78 is 28.8. The summed E-state index contributed by atoms with van der Waals surface area (Å²) >= 11 is 5.97. The van der Waals surface area contributed by atoms with E-state index in [4.69, 9.17) is 11.6 Å². The van der Waals surface area contributed by atoms with Gasteiger partial charge in [0.15, 0.2) is 0 Å². The Bertz CT molecular complexity index is 971. The van der Waals surface area contributed by atoms with Gasteiger partial charge in [-0.2, -0.15) is 0 Å². The van der Waals surface area contributed by atoms with Crippen molar-refractivity contribution in [2.45, 2.75) is 55.5 Å². The number of rotatable bonds is 5. The molecule has 2 aromatic rings. The van der Waals surface area contributed by atoms with E-state index in [9.17, 15) is 13.2 Å². The lowest BCUT2D eigenvalue weighted by molar-refractivity contribution is -0.126. The van der Waals surface area contributed by atoms with Gasteiger partial charge in [0.25, 0.3) is 10.0 Å². The van der Waals surface area contributed by atoms with Crippen molar-refractivity contribution < 1.29 is 13.2 Å². The number of carbonyl (C=O) groups is 1. The lowest BCUT2D eigenvalue weighted by Gasteiger charge is -2.42. The fourth-order valence-corrected chi connectivity index (χ4v) is 6.46. The number of para-hydroxylation sites is 1. The topological polar surface area (TPSA) is 57.7 Å². The van der Waals surface area contributed by atoms with Gasteiger partial charge in [-0.05, 0) is 62.1 Å². The van der Waals surface area contributed by atoms with Gasteiger partial charge in [0, 0.05) is 30.6 Å². The minimum Gasteiger partial charge on any atom is -0.298 e. The SMILES string of the molecule is O=C1CCCCC1N1CCC(N(c2ccccc2)S(=O)(=O)c2ccc(Cl)cc2)CC1. The molecule has 0 amide bonds. The van der Waals surface area contributed by atoms with Crippen molar-refractivity contribution in [2.75, 3.05) is 17.4 Å². The first-order valence-corrected chi connectivity index (χ1v) is 12.4. The summed E-state index contributed by atoms with van der Waals surface area (Å²) in [4.78, 5) is 14.8. The molecule has 1 aliphatic carbocycles. The second-order valence-electron chi connectivity index (χ2n) is 8.09. The molecular formula is C23H27ClN2O3S. The maximum absolute atomic E-state index is 13.6. The highest BCUT2D eigenvalue weighted by Crippen LogP contribution is 2.32. The molecule has 0 radical (unpaired) electrons. The van der Waals surface area contributed by atoms with Crippen LogP contribution in [0.4, 0.5) is 5.69 Å². The number of hydrogen-bond acceptors (Lipinski definition) is 4. The van der Waals surface area contributed by atoms with Crippen LogP contribution < -0.4 is 4.31 Å². The number of anilines is 1. The van der Waals surface area contributed by atoms with Crippen LogP contribution in [-0.4, -0.2) is 44.3 Å². The average molecular weight is 447 g/mol. The first kappa shape index (κ1) is 21.3. The van der Waals surface area contributed by atoms with Crippen LogP contribution in [0.5, 0.6) is 0 Å². The normalized spacial score (nSPS) is 21.5. The first-order valence-electron chi connectivity index (χ1n) is 10.6. The Kier molecular flexibility index (Phi) is 6.46. The lowest BCUT2D eigenvalue weighted by atomic mass is 9.91. The smallest absolute Gasteiger partial charge is 0.264 e. The Labute approximate surface area is 183 Å². The van der Waals surface area contributed by atoms with Crippen molar-refractivity contribution in [2.24, 2.45) is 0 Å². The average Bonchev–Trinajstić information content (AvgIpc) is 2.76. The zero-order valence-corrected chi connectivity index (χ0v) is 18.5. The van der Waals surface area contributed by atoms with Gasteiger partial charge in [-0.1, -0.05) is 36.2 Å². The molecule has 0 N–H and O–H groups in total. The van der Waals surface area contributed by atoms with Gasteiger partial charge < -0.3 is 0 Å². The van der Waals surface area contributed by atoms with Crippen LogP contribution in [0, 0.1) is 0 Å². The van der Waals surface area contributed by atoms with Crippen molar-refractivity contribution in [1.82, 2.24) is 4.90 Å². The number of likely N-dealkylation sites (tertiary alicyclic amines) is 1. The number of Topliss-reactive ketones (excluding diaryl/α,β-unsaturated/α-hetero) is 1. The number of piperidine rings is 1. The molecule has 1 saturated carbocycles. The molecular weight excluding hydrogens is 420 g/mol. The largest absolute Gasteiger partial charge is 0.298 e. The Morgan fingerprint density at radius 1 is 0.900 bits per heavy atom. The first-order chi connectivity index (χ1) is 14.5. The number of carbonyl (C=O) groups excluding carboxylic acids is 1. The minimum atomic E-state index is -3.73. The maximum Gasteiger partial charge on any atom is 0.264 e. The summed E-state index contributed by atoms with van der Waals surface area (Å²) in [5, 5.41) is 0.505. The molecule has 4 rings (SSSR count). The zero-order chi connectivity index (χ0) is 21.1. The molecule has 1 heterocycles. The summed E-state index contributed by atoms with van der Waals surface area (Å²) in [6, 6.07) is 15.5. The Morgan fingerprint density at radius 2 is 1.57 bits per heavy atom. The van der Waals surface area contributed by atoms with Gasteiger partial charge in [-0.15, -0.1) is 0 Å². The standard InChI is InChI=1S/C23H27ClN2O3S/c24-18-10-12-21(13-11-18)30(28,29)26(19-6-2-1-3-7-19)20-14-16-25(17-15-20)22-8-4-5-9-23(22)27/h1-3,6-7,10-13,20,22H,4-5,8-9,14-17H2. The number of halogens is 1. The summed E-state index contributed by atoms with van der Waals surface area (Å²) in [6.07, 6.45) is 5.09.